The number of H-pyrrole nitrogens is 2. The number of phosphoric ester groups is 4. The van der Waals surface area contributed by atoms with Crippen molar-refractivity contribution >= 4 is 134 Å². The van der Waals surface area contributed by atoms with Gasteiger partial charge in [0, 0.05) is 18.0 Å². The van der Waals surface area contributed by atoms with Crippen LogP contribution in [-0.4, -0.2) is 124 Å². The van der Waals surface area contributed by atoms with Gasteiger partial charge in [-0.1, -0.05) is 0 Å². The third-order valence-electron chi connectivity index (χ3n) is 13.7. The minimum atomic E-state index is -6.07. The Morgan fingerprint density at radius 1 is 0.405 bits per heavy atom. The predicted molar refractivity (Wildman–Crippen MR) is 334 cm³/mol. The second-order valence-electron chi connectivity index (χ2n) is 22.3. The smallest absolute Gasteiger partial charge is 0.790 e. The summed E-state index contributed by atoms with van der Waals surface area (Å²) in [6, 6.07) is 1.36. The van der Waals surface area contributed by atoms with Gasteiger partial charge in [0.05, 0.1) is 71.3 Å². The average molecular weight is 2150 g/mol. The van der Waals surface area contributed by atoms with E-state index < -0.39 is 192 Å². The molecule has 0 amide bonds. The number of nitrogen functional groups attached to an aromatic ring is 3. The summed E-state index contributed by atoms with van der Waals surface area (Å²) in [7, 11) is -69.7. The number of rotatable bonds is 32. The van der Waals surface area contributed by atoms with Crippen LogP contribution in [0.1, 0.15) is 81.8 Å². The molecule has 4 saturated heterocycles. The zero-order valence-electron chi connectivity index (χ0n) is 67.9. The summed E-state index contributed by atoms with van der Waals surface area (Å²) in [5.74, 6) is 0.0329. The van der Waals surface area contributed by atoms with Gasteiger partial charge in [-0.05, 0) is 64.4 Å². The fourth-order valence-electron chi connectivity index (χ4n) is 9.58. The van der Waals surface area contributed by atoms with E-state index in [1.54, 1.807) is 4.57 Å². The maximum absolute atomic E-state index is 11.8. The van der Waals surface area contributed by atoms with E-state index >= 15 is 0 Å². The maximum Gasteiger partial charge on any atom is 1.00 e. The molecular weight excluding hydrogens is 2090 g/mol. The average Bonchev–Trinajstić information content (AvgIpc) is 1.65. The molecular formula is C39H52N15Na12O48P12-. The van der Waals surface area contributed by atoms with E-state index in [0.29, 0.717) is 30.4 Å². The van der Waals surface area contributed by atoms with Gasteiger partial charge in [-0.3, -0.25) is 92.4 Å². The number of nitrogens with zero attached hydrogens (tertiary/aromatic N) is 10. The Balaban J connectivity index is -0.000000370. The van der Waals surface area contributed by atoms with Crippen molar-refractivity contribution in [2.45, 2.75) is 108 Å². The number of anilines is 3. The fourth-order valence-corrected chi connectivity index (χ4v) is 21.2. The second-order valence-corrected chi connectivity index (χ2v) is 39.4. The summed E-state index contributed by atoms with van der Waals surface area (Å²) in [5.41, 5.74) is 15.1. The number of hydrogen-bond acceptors (Lipinski definition) is 54. The quantitative estimate of drug-likeness (QED) is 0.0144. The zero-order chi connectivity index (χ0) is 85.6. The molecule has 6 aromatic rings. The van der Waals surface area contributed by atoms with Crippen LogP contribution in [0.25, 0.3) is 22.3 Å². The third-order valence-corrected chi connectivity index (χ3v) is 28.4. The largest absolute Gasteiger partial charge is 1.00 e. The van der Waals surface area contributed by atoms with Crippen LogP contribution in [0.2, 0.25) is 0 Å². The number of phosphoric acid groups is 12. The van der Waals surface area contributed by atoms with Crippen LogP contribution >= 0.6 is 93.9 Å². The van der Waals surface area contributed by atoms with Gasteiger partial charge in [0.15, 0.2) is 22.6 Å². The summed E-state index contributed by atoms with van der Waals surface area (Å²) < 4.78 is 203. The van der Waals surface area contributed by atoms with E-state index in [0.717, 1.165) is 9.13 Å². The topological polar surface area (TPSA) is 988 Å². The predicted octanol–water partition coefficient (Wildman–Crippen LogP) is -44.3. The molecule has 0 aromatic carbocycles. The fraction of sp³-hybridized carbons (Fsp3) is 0.538. The van der Waals surface area contributed by atoms with Crippen LogP contribution in [0.4, 0.5) is 17.6 Å². The summed E-state index contributed by atoms with van der Waals surface area (Å²) in [4.78, 5) is 241. The Morgan fingerprint density at radius 3 is 1.07 bits per heavy atom. The molecule has 4 aliphatic heterocycles. The van der Waals surface area contributed by atoms with E-state index in [1.807, 2.05) is 0 Å². The van der Waals surface area contributed by atoms with Crippen molar-refractivity contribution in [3.8, 4) is 0 Å². The molecule has 126 heavy (non-hydrogen) atoms. The van der Waals surface area contributed by atoms with Crippen LogP contribution in [0.3, 0.4) is 0 Å². The van der Waals surface area contributed by atoms with Crippen LogP contribution < -0.4 is 458 Å². The van der Waals surface area contributed by atoms with Gasteiger partial charge in [0.2, 0.25) is 5.95 Å². The Labute approximate surface area is 971 Å². The minimum absolute atomic E-state index is 0. The van der Waals surface area contributed by atoms with E-state index in [9.17, 15) is 138 Å². The first-order chi connectivity index (χ1) is 52.0. The van der Waals surface area contributed by atoms with Crippen molar-refractivity contribution in [1.82, 2.24) is 58.1 Å². The van der Waals surface area contributed by atoms with Gasteiger partial charge in [-0.25, -0.2) is 59.7 Å². The molecule has 0 spiro atoms. The van der Waals surface area contributed by atoms with Crippen molar-refractivity contribution < 1.29 is 559 Å². The van der Waals surface area contributed by atoms with Gasteiger partial charge in [0.25, 0.3) is 97.2 Å². The number of aryl methyl sites for hydroxylation is 1. The number of imidazole rings is 2. The minimum Gasteiger partial charge on any atom is -0.790 e. The molecule has 4 aliphatic rings. The monoisotopic (exact) mass is 2150 g/mol. The van der Waals surface area contributed by atoms with Crippen molar-refractivity contribution in [3.63, 3.8) is 0 Å². The Bertz CT molecular complexity index is 5380. The van der Waals surface area contributed by atoms with Gasteiger partial charge < -0.3 is 137 Å². The van der Waals surface area contributed by atoms with E-state index in [-0.39, 0.29) is 421 Å². The Kier molecular flexibility index (Phi) is 69.8. The third kappa shape index (κ3) is 51.4. The molecule has 0 aliphatic carbocycles. The second kappa shape index (κ2) is 61.1. The van der Waals surface area contributed by atoms with Gasteiger partial charge in [-0.2, -0.15) is 9.97 Å². The standard InChI is InChI=1S/C10H16N5O12P3.C10H16N5O11P3.C10H17N2O13P3.C9H16N3O12P3.12Na/c11-10-13-8-7(9(16)14-10)12-4-15(8)6-2-1-5(25-6)3-24-29(20,21)27-30(22,23)26-28(17,18)19;11-9-8-10(13-4-12-9)15(5-14-8)7-2-1-6(24-7)3-23-28(19,20)26-29(21,22)25-27(16,17)18;1-6-4-12(10(14)11-9(6)13)8-3-2-7(23-8)5-22-27(18,19)25-28(20,21)24-26(15,16)17;10-7-3-4-12(9(13)11-7)8-2-1-6(22-8)5-21-26(17,18)24-27(19,20)23-25(14,15)16;;;;;;;;;;;;/h4-6H,1-3H2,(H,20,21)(H,22,23)(H2,17,18,19)(H3,11,13,14,16);4-7H,1-3H2,(H,19,20)(H,21,22)(H2,11,12,13)(H2,16,17,18);4,7-8H,2-3,5H2,1H3,(H,18,19)(H,20,21)(H,11,13,14)(H2,15,16,17);3-4,6,8H,1-2,5H2,(H,17,18)(H,19,20)(H2,10,11,13)(H2,14,15,16);;;;;;;;;;;;/q;;;;12*+1/p-13/t5-,6+;6-,7+;7-,8+;6-,8+;;;;;;;;;;;;/m0000............/s1. The number of fused-ring (bicyclic) bond motifs is 2. The normalized spacial score (nSPS) is 23.3. The van der Waals surface area contributed by atoms with Crippen LogP contribution in [0.5, 0.6) is 0 Å². The first-order valence-electron chi connectivity index (χ1n) is 29.9. The molecule has 0 saturated carbocycles. The van der Waals surface area contributed by atoms with Gasteiger partial charge in [-0.15, -0.1) is 0 Å². The summed E-state index contributed by atoms with van der Waals surface area (Å²) >= 11 is 0. The molecule has 10 heterocycles. The summed E-state index contributed by atoms with van der Waals surface area (Å²) in [6.07, 6.45) is 2.49. The molecule has 6 aromatic heterocycles. The van der Waals surface area contributed by atoms with Crippen LogP contribution in [0, 0.1) is 6.92 Å². The SMILES string of the molecule is Cc1cn([C@H]2CC[C@@H](COP(=O)([O-])OP(=O)([O-])OP(=O)([O-])[O-])O2)c(=O)[nH]c1=O.Nc1ccn([C@H]2CC[C@@H](COP(=O)([O-])OP(=O)([O-])OP(=O)([O-])O)O2)c(=O)n1.Nc1nc2c(ncn2[C@H]2CC[C@@H](COP(=O)([O-])OP(=O)([O-])OP(=O)([O-])O)O2)c(=O)[nH]1.Nc1ncnc2c1ncn2[C@H]1CC[C@@H](COP(=O)([O-])OP(=O)([O-])OP(=O)([O-])O)O1.[Na+].[Na+].[Na+].[Na+].[Na+].[Na+].[Na+].[Na+].[Na+].[Na+].[Na+].[Na+]. The molecule has 10 rings (SSSR count). The van der Waals surface area contributed by atoms with Gasteiger partial charge >= 0.3 is 366 Å². The Morgan fingerprint density at radius 2 is 0.730 bits per heavy atom. The van der Waals surface area contributed by atoms with Crippen molar-refractivity contribution in [3.05, 3.63) is 84.7 Å². The molecule has 0 radical (unpaired) electrons. The Hall–Kier alpha value is 7.34. The van der Waals surface area contributed by atoms with Crippen LogP contribution in [-0.2, 0) is 126 Å². The molecule has 19 atom stereocenters. The first-order valence-corrected chi connectivity index (χ1v) is 47.5. The number of nitrogens with one attached hydrogen (secondary N) is 2. The molecule has 87 heteroatoms. The van der Waals surface area contributed by atoms with E-state index in [1.165, 1.54) is 48.9 Å². The van der Waals surface area contributed by atoms with Crippen molar-refractivity contribution in [2.75, 3.05) is 43.6 Å². The number of aromatic nitrogens is 12. The van der Waals surface area contributed by atoms with Crippen molar-refractivity contribution in [1.29, 1.82) is 0 Å². The summed E-state index contributed by atoms with van der Waals surface area (Å²) in [5, 5.41) is 0. The molecule has 11 N–H and O–H groups in total. The summed E-state index contributed by atoms with van der Waals surface area (Å²) in [6.45, 7) is -1.28. The number of ether oxygens (including phenoxy) is 4. The zero-order valence-corrected chi connectivity index (χ0v) is 103. The number of hydrogen-bond donors (Lipinski definition) is 8. The number of aromatic amines is 2. The van der Waals surface area contributed by atoms with E-state index in [4.69, 9.17) is 50.8 Å². The van der Waals surface area contributed by atoms with Crippen molar-refractivity contribution in [2.24, 2.45) is 0 Å². The molecule has 11 unspecified atom stereocenters. The molecule has 644 valence electrons. The molecule has 4 fully saturated rings. The van der Waals surface area contributed by atoms with E-state index in [2.05, 4.69) is 92.5 Å². The molecule has 63 nitrogen and oxygen atoms in total. The van der Waals surface area contributed by atoms with Gasteiger partial charge in [0.1, 0.15) is 42.6 Å². The maximum atomic E-state index is 11.8. The first kappa shape index (κ1) is 144. The van der Waals surface area contributed by atoms with Crippen LogP contribution in [0.15, 0.2) is 56.6 Å². The molecule has 0 bridgehead atoms. The number of nitrogens with two attached hydrogens (primary N) is 3.